The summed E-state index contributed by atoms with van der Waals surface area (Å²) in [5.41, 5.74) is 0.649. The molecule has 0 aliphatic carbocycles. The van der Waals surface area contributed by atoms with Gasteiger partial charge in [0.2, 0.25) is 11.8 Å². The molecule has 0 spiro atoms. The van der Waals surface area contributed by atoms with E-state index in [0.717, 1.165) is 12.1 Å². The van der Waals surface area contributed by atoms with Crippen LogP contribution in [0.4, 0.5) is 20.2 Å². The maximum absolute atomic E-state index is 13.7. The maximum atomic E-state index is 13.7. The Morgan fingerprint density at radius 2 is 2.00 bits per heavy atom. The van der Waals surface area contributed by atoms with Gasteiger partial charge in [0, 0.05) is 17.1 Å². The Balaban J connectivity index is 1.91. The molecule has 1 aliphatic rings. The van der Waals surface area contributed by atoms with Gasteiger partial charge < -0.3 is 10.6 Å². The molecular weight excluding hydrogens is 326 g/mol. The SMILES string of the molecule is O=C1C[C@@H](C(=O)Nc2cc(Cl)ccc2F)c2ccc(F)cc2N1. The van der Waals surface area contributed by atoms with E-state index in [1.54, 1.807) is 0 Å². The van der Waals surface area contributed by atoms with Gasteiger partial charge in [-0.2, -0.15) is 0 Å². The Hall–Kier alpha value is -2.47. The number of fused-ring (bicyclic) bond motifs is 1. The molecule has 0 unspecified atom stereocenters. The lowest BCUT2D eigenvalue weighted by Gasteiger charge is -2.25. The summed E-state index contributed by atoms with van der Waals surface area (Å²) in [6, 6.07) is 7.56. The quantitative estimate of drug-likeness (QED) is 0.879. The number of carbonyl (C=O) groups excluding carboxylic acids is 2. The molecule has 0 radical (unpaired) electrons. The molecule has 2 amide bonds. The third-order valence-electron chi connectivity index (χ3n) is 3.56. The van der Waals surface area contributed by atoms with Gasteiger partial charge in [-0.05, 0) is 35.9 Å². The summed E-state index contributed by atoms with van der Waals surface area (Å²) in [6.45, 7) is 0. The molecule has 1 aliphatic heterocycles. The van der Waals surface area contributed by atoms with E-state index in [1.165, 1.54) is 24.3 Å². The van der Waals surface area contributed by atoms with Crippen LogP contribution in [-0.2, 0) is 9.59 Å². The average Bonchev–Trinajstić information content (AvgIpc) is 2.49. The molecule has 2 aromatic rings. The molecule has 4 nitrogen and oxygen atoms in total. The third kappa shape index (κ3) is 3.17. The third-order valence-corrected chi connectivity index (χ3v) is 3.79. The van der Waals surface area contributed by atoms with Crippen molar-refractivity contribution in [1.82, 2.24) is 0 Å². The van der Waals surface area contributed by atoms with E-state index in [2.05, 4.69) is 10.6 Å². The summed E-state index contributed by atoms with van der Waals surface area (Å²) in [4.78, 5) is 24.1. The fraction of sp³-hybridized carbons (Fsp3) is 0.125. The first-order valence-electron chi connectivity index (χ1n) is 6.79. The number of anilines is 2. The lowest BCUT2D eigenvalue weighted by molar-refractivity contribution is -0.123. The first kappa shape index (κ1) is 15.4. The zero-order valence-electron chi connectivity index (χ0n) is 11.7. The van der Waals surface area contributed by atoms with E-state index in [9.17, 15) is 18.4 Å². The Labute approximate surface area is 135 Å². The second-order valence-electron chi connectivity index (χ2n) is 5.15. The normalized spacial score (nSPS) is 16.5. The van der Waals surface area contributed by atoms with Gasteiger partial charge in [0.1, 0.15) is 11.6 Å². The molecule has 1 heterocycles. The first-order chi connectivity index (χ1) is 10.9. The van der Waals surface area contributed by atoms with Crippen molar-refractivity contribution in [3.63, 3.8) is 0 Å². The fourth-order valence-electron chi connectivity index (χ4n) is 2.48. The van der Waals surface area contributed by atoms with Crippen LogP contribution >= 0.6 is 11.6 Å². The number of amides is 2. The van der Waals surface area contributed by atoms with Crippen LogP contribution in [0.15, 0.2) is 36.4 Å². The van der Waals surface area contributed by atoms with Gasteiger partial charge in [-0.25, -0.2) is 8.78 Å². The van der Waals surface area contributed by atoms with E-state index >= 15 is 0 Å². The number of carbonyl (C=O) groups is 2. The molecule has 3 rings (SSSR count). The van der Waals surface area contributed by atoms with E-state index in [1.807, 2.05) is 0 Å². The van der Waals surface area contributed by atoms with Gasteiger partial charge in [0.05, 0.1) is 11.6 Å². The van der Waals surface area contributed by atoms with Crippen LogP contribution in [0.3, 0.4) is 0 Å². The van der Waals surface area contributed by atoms with Crippen molar-refractivity contribution in [2.75, 3.05) is 10.6 Å². The minimum atomic E-state index is -0.835. The highest BCUT2D eigenvalue weighted by Crippen LogP contribution is 2.34. The molecule has 2 N–H and O–H groups in total. The van der Waals surface area contributed by atoms with Gasteiger partial charge >= 0.3 is 0 Å². The lowest BCUT2D eigenvalue weighted by atomic mass is 9.89. The first-order valence-corrected chi connectivity index (χ1v) is 7.17. The highest BCUT2D eigenvalue weighted by Gasteiger charge is 2.31. The van der Waals surface area contributed by atoms with Crippen molar-refractivity contribution < 1.29 is 18.4 Å². The zero-order valence-corrected chi connectivity index (χ0v) is 12.5. The Morgan fingerprint density at radius 1 is 1.22 bits per heavy atom. The van der Waals surface area contributed by atoms with Gasteiger partial charge in [-0.3, -0.25) is 9.59 Å². The second kappa shape index (κ2) is 5.96. The minimum Gasteiger partial charge on any atom is -0.326 e. The molecule has 0 fully saturated rings. The topological polar surface area (TPSA) is 58.2 Å². The summed E-state index contributed by atoms with van der Waals surface area (Å²) in [6.07, 6.45) is -0.105. The Morgan fingerprint density at radius 3 is 2.78 bits per heavy atom. The summed E-state index contributed by atoms with van der Waals surface area (Å²) >= 11 is 5.78. The number of benzene rings is 2. The van der Waals surface area contributed by atoms with Crippen LogP contribution in [0.1, 0.15) is 17.9 Å². The van der Waals surface area contributed by atoms with E-state index in [-0.39, 0.29) is 22.8 Å². The maximum Gasteiger partial charge on any atom is 0.232 e. The number of halogens is 3. The molecule has 0 saturated carbocycles. The van der Waals surface area contributed by atoms with Crippen molar-refractivity contribution in [2.45, 2.75) is 12.3 Å². The van der Waals surface area contributed by atoms with Gasteiger partial charge in [-0.1, -0.05) is 17.7 Å². The highest BCUT2D eigenvalue weighted by atomic mass is 35.5. The highest BCUT2D eigenvalue weighted by molar-refractivity contribution is 6.30. The summed E-state index contributed by atoms with van der Waals surface area (Å²) < 4.78 is 27.0. The van der Waals surface area contributed by atoms with E-state index < -0.39 is 29.4 Å². The molecule has 0 saturated heterocycles. The van der Waals surface area contributed by atoms with Gasteiger partial charge in [-0.15, -0.1) is 0 Å². The average molecular weight is 337 g/mol. The smallest absolute Gasteiger partial charge is 0.232 e. The van der Waals surface area contributed by atoms with Crippen molar-refractivity contribution in [3.8, 4) is 0 Å². The second-order valence-corrected chi connectivity index (χ2v) is 5.59. The number of hydrogen-bond donors (Lipinski definition) is 2. The standard InChI is InChI=1S/C16H11ClF2N2O2/c17-8-1-4-12(19)14(5-8)21-16(23)11-7-15(22)20-13-6-9(18)2-3-10(11)13/h1-6,11H,7H2,(H,20,22)(H,21,23)/t11-/m1/s1. The van der Waals surface area contributed by atoms with Crippen LogP contribution < -0.4 is 10.6 Å². The van der Waals surface area contributed by atoms with Crippen LogP contribution in [-0.4, -0.2) is 11.8 Å². The lowest BCUT2D eigenvalue weighted by Crippen LogP contribution is -2.31. The molecule has 0 aromatic heterocycles. The molecular formula is C16H11ClF2N2O2. The van der Waals surface area contributed by atoms with Crippen molar-refractivity contribution >= 4 is 34.8 Å². The monoisotopic (exact) mass is 336 g/mol. The van der Waals surface area contributed by atoms with Crippen molar-refractivity contribution in [3.05, 3.63) is 58.6 Å². The zero-order chi connectivity index (χ0) is 16.6. The molecule has 23 heavy (non-hydrogen) atoms. The molecule has 1 atom stereocenters. The van der Waals surface area contributed by atoms with Crippen molar-refractivity contribution in [1.29, 1.82) is 0 Å². The molecule has 118 valence electrons. The molecule has 0 bridgehead atoms. The van der Waals surface area contributed by atoms with E-state index in [0.29, 0.717) is 5.56 Å². The Bertz CT molecular complexity index is 811. The van der Waals surface area contributed by atoms with Crippen LogP contribution in [0.25, 0.3) is 0 Å². The van der Waals surface area contributed by atoms with Gasteiger partial charge in [0.25, 0.3) is 0 Å². The predicted octanol–water partition coefficient (Wildman–Crippen LogP) is 3.68. The largest absolute Gasteiger partial charge is 0.326 e. The van der Waals surface area contributed by atoms with Crippen LogP contribution in [0.2, 0.25) is 5.02 Å². The summed E-state index contributed by atoms with van der Waals surface area (Å²) in [5, 5.41) is 5.21. The number of hydrogen-bond acceptors (Lipinski definition) is 2. The number of nitrogens with one attached hydrogen (secondary N) is 2. The van der Waals surface area contributed by atoms with Crippen LogP contribution in [0.5, 0.6) is 0 Å². The van der Waals surface area contributed by atoms with Crippen LogP contribution in [0, 0.1) is 11.6 Å². The summed E-state index contributed by atoms with van der Waals surface area (Å²) in [5.74, 6) is -2.96. The van der Waals surface area contributed by atoms with Gasteiger partial charge in [0.15, 0.2) is 0 Å². The van der Waals surface area contributed by atoms with Crippen molar-refractivity contribution in [2.24, 2.45) is 0 Å². The Kier molecular flexibility index (Phi) is 4.00. The molecule has 2 aromatic carbocycles. The summed E-state index contributed by atoms with van der Waals surface area (Å²) in [7, 11) is 0. The number of rotatable bonds is 2. The minimum absolute atomic E-state index is 0.0721. The van der Waals surface area contributed by atoms with E-state index in [4.69, 9.17) is 11.6 Å². The fourth-order valence-corrected chi connectivity index (χ4v) is 2.66. The molecule has 7 heteroatoms. The predicted molar refractivity (Wildman–Crippen MR) is 82.4 cm³/mol.